The van der Waals surface area contributed by atoms with E-state index in [2.05, 4.69) is 5.32 Å². The highest BCUT2D eigenvalue weighted by atomic mass is 32.2. The molecule has 0 radical (unpaired) electrons. The van der Waals surface area contributed by atoms with Gasteiger partial charge in [0.15, 0.2) is 0 Å². The summed E-state index contributed by atoms with van der Waals surface area (Å²) in [6, 6.07) is 25.2. The number of nitrogens with one attached hydrogen (secondary N) is 1. The molecular weight excluding hydrogens is 396 g/mol. The number of hydrogen-bond donors (Lipinski definition) is 1. The van der Waals surface area contributed by atoms with Crippen molar-refractivity contribution in [3.8, 4) is 0 Å². The molecule has 3 aromatic rings. The smallest absolute Gasteiger partial charge is 0.251 e. The van der Waals surface area contributed by atoms with Crippen molar-refractivity contribution in [3.05, 3.63) is 102 Å². The summed E-state index contributed by atoms with van der Waals surface area (Å²) in [5, 5.41) is 3.06. The van der Waals surface area contributed by atoms with Crippen molar-refractivity contribution in [1.29, 1.82) is 0 Å². The van der Waals surface area contributed by atoms with Crippen molar-refractivity contribution in [2.75, 3.05) is 7.05 Å². The summed E-state index contributed by atoms with van der Waals surface area (Å²) < 4.78 is 26.6. The van der Waals surface area contributed by atoms with Crippen LogP contribution in [0, 0.1) is 0 Å². The molecule has 0 heterocycles. The minimum atomic E-state index is -3.56. The van der Waals surface area contributed by atoms with Gasteiger partial charge in [-0.2, -0.15) is 4.31 Å². The molecule has 0 aliphatic heterocycles. The van der Waals surface area contributed by atoms with Gasteiger partial charge in [0.1, 0.15) is 0 Å². The van der Waals surface area contributed by atoms with Crippen molar-refractivity contribution in [2.45, 2.75) is 30.8 Å². The van der Waals surface area contributed by atoms with Crippen LogP contribution < -0.4 is 5.32 Å². The summed E-state index contributed by atoms with van der Waals surface area (Å²) in [6.07, 6.45) is 0.788. The summed E-state index contributed by atoms with van der Waals surface area (Å²) in [6.45, 7) is 2.25. The van der Waals surface area contributed by atoms with Crippen molar-refractivity contribution >= 4 is 15.9 Å². The fourth-order valence-corrected chi connectivity index (χ4v) is 4.40. The zero-order valence-corrected chi connectivity index (χ0v) is 18.0. The third-order valence-corrected chi connectivity index (χ3v) is 6.81. The van der Waals surface area contributed by atoms with E-state index < -0.39 is 10.0 Å². The lowest BCUT2D eigenvalue weighted by Crippen LogP contribution is -2.28. The normalized spacial score (nSPS) is 12.5. The quantitative estimate of drug-likeness (QED) is 0.586. The summed E-state index contributed by atoms with van der Waals surface area (Å²) in [5.74, 6) is -0.150. The van der Waals surface area contributed by atoms with E-state index in [1.807, 2.05) is 37.3 Å². The van der Waals surface area contributed by atoms with E-state index in [0.29, 0.717) is 5.56 Å². The van der Waals surface area contributed by atoms with Gasteiger partial charge in [0.2, 0.25) is 10.0 Å². The predicted octanol–water partition coefficient (Wildman–Crippen LogP) is 4.39. The molecule has 3 rings (SSSR count). The monoisotopic (exact) mass is 422 g/mol. The standard InChI is InChI=1S/C24H26N2O3S/c1-3-23(20-10-6-4-7-11-20)25-24(27)21-16-14-19(15-17-21)18-26(2)30(28,29)22-12-8-5-9-13-22/h4-17,23H,3,18H2,1-2H3,(H,25,27)/t23-/m1/s1. The van der Waals surface area contributed by atoms with E-state index >= 15 is 0 Å². The number of benzene rings is 3. The fraction of sp³-hybridized carbons (Fsp3) is 0.208. The molecule has 0 unspecified atom stereocenters. The number of nitrogens with zero attached hydrogens (tertiary/aromatic N) is 1. The van der Waals surface area contributed by atoms with Crippen LogP contribution in [-0.2, 0) is 16.6 Å². The molecule has 1 N–H and O–H groups in total. The van der Waals surface area contributed by atoms with Crippen molar-refractivity contribution in [3.63, 3.8) is 0 Å². The van der Waals surface area contributed by atoms with Crippen LogP contribution in [0.5, 0.6) is 0 Å². The Morgan fingerprint density at radius 1 is 0.900 bits per heavy atom. The Labute approximate surface area is 178 Å². The highest BCUT2D eigenvalue weighted by Crippen LogP contribution is 2.19. The van der Waals surface area contributed by atoms with Gasteiger partial charge in [-0.1, -0.05) is 67.6 Å². The highest BCUT2D eigenvalue weighted by Gasteiger charge is 2.20. The van der Waals surface area contributed by atoms with Crippen molar-refractivity contribution < 1.29 is 13.2 Å². The first kappa shape index (κ1) is 21.7. The molecular formula is C24H26N2O3S. The molecule has 30 heavy (non-hydrogen) atoms. The Kier molecular flexibility index (Phi) is 7.03. The summed E-state index contributed by atoms with van der Waals surface area (Å²) >= 11 is 0. The average Bonchev–Trinajstić information content (AvgIpc) is 2.79. The van der Waals surface area contributed by atoms with Crippen LogP contribution in [0.3, 0.4) is 0 Å². The maximum Gasteiger partial charge on any atom is 0.251 e. The van der Waals surface area contributed by atoms with Gasteiger partial charge in [-0.3, -0.25) is 4.79 Å². The fourth-order valence-electron chi connectivity index (χ4n) is 3.22. The Bertz CT molecular complexity index is 1070. The first-order valence-corrected chi connectivity index (χ1v) is 11.3. The van der Waals surface area contributed by atoms with Crippen LogP contribution >= 0.6 is 0 Å². The van der Waals surface area contributed by atoms with Gasteiger partial charge in [0.05, 0.1) is 10.9 Å². The molecule has 0 aliphatic carbocycles. The highest BCUT2D eigenvalue weighted by molar-refractivity contribution is 7.89. The molecule has 5 nitrogen and oxygen atoms in total. The lowest BCUT2D eigenvalue weighted by molar-refractivity contribution is 0.0935. The van der Waals surface area contributed by atoms with Gasteiger partial charge in [0.25, 0.3) is 5.91 Å². The maximum absolute atomic E-state index is 12.7. The zero-order valence-electron chi connectivity index (χ0n) is 17.2. The van der Waals surface area contributed by atoms with Gasteiger partial charge in [-0.05, 0) is 41.8 Å². The number of sulfonamides is 1. The van der Waals surface area contributed by atoms with Crippen LogP contribution in [-0.4, -0.2) is 25.7 Å². The molecule has 6 heteroatoms. The number of amides is 1. The molecule has 156 valence electrons. The Balaban J connectivity index is 1.66. The van der Waals surface area contributed by atoms with Crippen LogP contribution in [0.25, 0.3) is 0 Å². The molecule has 1 atom stereocenters. The first-order chi connectivity index (χ1) is 14.4. The Hall–Kier alpha value is -2.96. The maximum atomic E-state index is 12.7. The number of hydrogen-bond acceptors (Lipinski definition) is 3. The van der Waals surface area contributed by atoms with Crippen LogP contribution in [0.15, 0.2) is 89.8 Å². The minimum absolute atomic E-state index is 0.0551. The van der Waals surface area contributed by atoms with E-state index in [0.717, 1.165) is 17.5 Å². The van der Waals surface area contributed by atoms with Crippen LogP contribution in [0.1, 0.15) is 40.9 Å². The molecule has 0 fully saturated rings. The molecule has 3 aromatic carbocycles. The SMILES string of the molecule is CC[C@@H](NC(=O)c1ccc(CN(C)S(=O)(=O)c2ccccc2)cc1)c1ccccc1. The van der Waals surface area contributed by atoms with Crippen molar-refractivity contribution in [2.24, 2.45) is 0 Å². The molecule has 0 saturated heterocycles. The number of rotatable bonds is 8. The molecule has 0 aliphatic rings. The lowest BCUT2D eigenvalue weighted by Gasteiger charge is -2.18. The van der Waals surface area contributed by atoms with E-state index in [-0.39, 0.29) is 23.4 Å². The topological polar surface area (TPSA) is 66.5 Å². The summed E-state index contributed by atoms with van der Waals surface area (Å²) in [7, 11) is -2.01. The second-order valence-electron chi connectivity index (χ2n) is 7.12. The van der Waals surface area contributed by atoms with E-state index in [4.69, 9.17) is 0 Å². The largest absolute Gasteiger partial charge is 0.345 e. The Morgan fingerprint density at radius 3 is 2.03 bits per heavy atom. The van der Waals surface area contributed by atoms with Crippen molar-refractivity contribution in [1.82, 2.24) is 9.62 Å². The average molecular weight is 423 g/mol. The van der Waals surface area contributed by atoms with Gasteiger partial charge in [0, 0.05) is 19.2 Å². The van der Waals surface area contributed by atoms with E-state index in [9.17, 15) is 13.2 Å². The number of carbonyl (C=O) groups excluding carboxylic acids is 1. The van der Waals surface area contributed by atoms with Crippen LogP contribution in [0.2, 0.25) is 0 Å². The molecule has 0 spiro atoms. The van der Waals surface area contributed by atoms with Gasteiger partial charge in [-0.25, -0.2) is 8.42 Å². The molecule has 0 aromatic heterocycles. The third-order valence-electron chi connectivity index (χ3n) is 4.99. The number of carbonyl (C=O) groups is 1. The lowest BCUT2D eigenvalue weighted by atomic mass is 10.0. The minimum Gasteiger partial charge on any atom is -0.345 e. The second-order valence-corrected chi connectivity index (χ2v) is 9.16. The van der Waals surface area contributed by atoms with Gasteiger partial charge >= 0.3 is 0 Å². The van der Waals surface area contributed by atoms with Gasteiger partial charge < -0.3 is 5.32 Å². The van der Waals surface area contributed by atoms with E-state index in [1.165, 1.54) is 4.31 Å². The Morgan fingerprint density at radius 2 is 1.47 bits per heavy atom. The zero-order chi connectivity index (χ0) is 21.6. The van der Waals surface area contributed by atoms with Gasteiger partial charge in [-0.15, -0.1) is 0 Å². The summed E-state index contributed by atoms with van der Waals surface area (Å²) in [4.78, 5) is 12.9. The second kappa shape index (κ2) is 9.69. The molecule has 1 amide bonds. The first-order valence-electron chi connectivity index (χ1n) is 9.88. The van der Waals surface area contributed by atoms with Crippen LogP contribution in [0.4, 0.5) is 0 Å². The predicted molar refractivity (Wildman–Crippen MR) is 118 cm³/mol. The molecule has 0 bridgehead atoms. The van der Waals surface area contributed by atoms with E-state index in [1.54, 1.807) is 61.6 Å². The summed E-state index contributed by atoms with van der Waals surface area (Å²) in [5.41, 5.74) is 2.42. The third kappa shape index (κ3) is 5.14. The molecule has 0 saturated carbocycles.